The average molecular weight is 372 g/mol. The van der Waals surface area contributed by atoms with Crippen LogP contribution in [0.4, 0.5) is 0 Å². The summed E-state index contributed by atoms with van der Waals surface area (Å²) < 4.78 is 5.48. The lowest BCUT2D eigenvalue weighted by atomic mass is 10.2. The van der Waals surface area contributed by atoms with E-state index in [1.165, 1.54) is 6.21 Å². The summed E-state index contributed by atoms with van der Waals surface area (Å²) in [5.74, 6) is 0.134. The number of benzene rings is 2. The molecule has 1 atom stereocenters. The van der Waals surface area contributed by atoms with Crippen molar-refractivity contribution in [1.82, 2.24) is 5.43 Å². The number of hydrogen-bond donors (Lipinski definition) is 1. The number of hydrogen-bond acceptors (Lipinski definition) is 3. The zero-order valence-corrected chi connectivity index (χ0v) is 14.4. The summed E-state index contributed by atoms with van der Waals surface area (Å²) in [6.07, 6.45) is 0.660. The predicted molar refractivity (Wildman–Crippen MR) is 93.7 cm³/mol. The van der Waals surface area contributed by atoms with Crippen molar-refractivity contribution in [2.24, 2.45) is 5.10 Å². The summed E-state index contributed by atoms with van der Waals surface area (Å²) in [5, 5.41) is 5.33. The zero-order chi connectivity index (χ0) is 16.8. The molecular weight excluding hydrogens is 359 g/mol. The lowest BCUT2D eigenvalue weighted by Crippen LogP contribution is -2.33. The van der Waals surface area contributed by atoms with Crippen LogP contribution in [-0.2, 0) is 4.79 Å². The van der Waals surface area contributed by atoms with E-state index < -0.39 is 12.0 Å². The number of halogens is 3. The Bertz CT molecular complexity index is 698. The van der Waals surface area contributed by atoms with Gasteiger partial charge in [0.25, 0.3) is 5.91 Å². The largest absolute Gasteiger partial charge is 0.481 e. The molecule has 0 saturated heterocycles. The van der Waals surface area contributed by atoms with Gasteiger partial charge in [-0.05, 0) is 43.3 Å². The Kier molecular flexibility index (Phi) is 6.28. The molecule has 120 valence electrons. The number of rotatable bonds is 5. The molecule has 4 nitrogen and oxygen atoms in total. The standard InChI is InChI=1S/C16H13Cl3N2O2/c1-10(23-12-7-5-11(17)6-8-12)16(22)21-20-9-13-14(18)3-2-4-15(13)19/h2-10H,1H3,(H,21,22)/b20-9-/t10-/m1/s1. The van der Waals surface area contributed by atoms with E-state index in [1.54, 1.807) is 49.4 Å². The zero-order valence-electron chi connectivity index (χ0n) is 12.1. The van der Waals surface area contributed by atoms with Gasteiger partial charge in [0.2, 0.25) is 0 Å². The Morgan fingerprint density at radius 1 is 1.13 bits per heavy atom. The van der Waals surface area contributed by atoms with Gasteiger partial charge in [0, 0.05) is 10.6 Å². The van der Waals surface area contributed by atoms with Gasteiger partial charge in [0.05, 0.1) is 16.3 Å². The van der Waals surface area contributed by atoms with Gasteiger partial charge < -0.3 is 4.74 Å². The van der Waals surface area contributed by atoms with Gasteiger partial charge in [-0.2, -0.15) is 5.10 Å². The van der Waals surface area contributed by atoms with E-state index in [-0.39, 0.29) is 0 Å². The van der Waals surface area contributed by atoms with Crippen LogP contribution in [0.2, 0.25) is 15.1 Å². The molecule has 0 aliphatic rings. The minimum atomic E-state index is -0.727. The van der Waals surface area contributed by atoms with Crippen LogP contribution in [0, 0.1) is 0 Å². The van der Waals surface area contributed by atoms with Crippen LogP contribution >= 0.6 is 34.8 Å². The third-order valence-corrected chi connectivity index (χ3v) is 3.77. The fourth-order valence-electron chi connectivity index (χ4n) is 1.66. The van der Waals surface area contributed by atoms with Crippen LogP contribution < -0.4 is 10.2 Å². The molecule has 2 aromatic rings. The summed E-state index contributed by atoms with van der Waals surface area (Å²) in [5.41, 5.74) is 2.91. The number of nitrogens with zero attached hydrogens (tertiary/aromatic N) is 1. The summed E-state index contributed by atoms with van der Waals surface area (Å²) in [6, 6.07) is 11.8. The molecule has 0 heterocycles. The number of amides is 1. The highest BCUT2D eigenvalue weighted by Gasteiger charge is 2.14. The second-order valence-corrected chi connectivity index (χ2v) is 5.83. The lowest BCUT2D eigenvalue weighted by Gasteiger charge is -2.12. The second kappa shape index (κ2) is 8.20. The molecule has 0 unspecified atom stereocenters. The first-order valence-corrected chi connectivity index (χ1v) is 7.80. The average Bonchev–Trinajstić information content (AvgIpc) is 2.52. The fourth-order valence-corrected chi connectivity index (χ4v) is 2.28. The molecule has 1 N–H and O–H groups in total. The first-order valence-electron chi connectivity index (χ1n) is 6.66. The Morgan fingerprint density at radius 2 is 1.74 bits per heavy atom. The van der Waals surface area contributed by atoms with Crippen molar-refractivity contribution in [2.75, 3.05) is 0 Å². The Balaban J connectivity index is 1.93. The van der Waals surface area contributed by atoms with Gasteiger partial charge in [-0.15, -0.1) is 0 Å². The molecule has 0 aromatic heterocycles. The van der Waals surface area contributed by atoms with E-state index >= 15 is 0 Å². The topological polar surface area (TPSA) is 50.7 Å². The van der Waals surface area contributed by atoms with Gasteiger partial charge in [0.15, 0.2) is 6.10 Å². The van der Waals surface area contributed by atoms with Gasteiger partial charge in [-0.3, -0.25) is 4.79 Å². The summed E-state index contributed by atoms with van der Waals surface area (Å²) in [4.78, 5) is 11.9. The van der Waals surface area contributed by atoms with Crippen molar-refractivity contribution >= 4 is 46.9 Å². The summed E-state index contributed by atoms with van der Waals surface area (Å²) in [6.45, 7) is 1.61. The van der Waals surface area contributed by atoms with Crippen molar-refractivity contribution in [3.05, 3.63) is 63.1 Å². The highest BCUT2D eigenvalue weighted by Crippen LogP contribution is 2.22. The molecular formula is C16H13Cl3N2O2. The monoisotopic (exact) mass is 370 g/mol. The van der Waals surface area contributed by atoms with Gasteiger partial charge in [0.1, 0.15) is 5.75 Å². The maximum absolute atomic E-state index is 11.9. The number of carbonyl (C=O) groups is 1. The van der Waals surface area contributed by atoms with E-state index in [4.69, 9.17) is 39.5 Å². The first-order chi connectivity index (χ1) is 11.0. The number of nitrogens with one attached hydrogen (secondary N) is 1. The molecule has 2 aromatic carbocycles. The minimum absolute atomic E-state index is 0.403. The smallest absolute Gasteiger partial charge is 0.280 e. The van der Waals surface area contributed by atoms with Crippen LogP contribution in [0.25, 0.3) is 0 Å². The molecule has 0 aliphatic carbocycles. The molecule has 7 heteroatoms. The van der Waals surface area contributed by atoms with E-state index in [0.717, 1.165) is 0 Å². The third-order valence-electron chi connectivity index (χ3n) is 2.86. The maximum Gasteiger partial charge on any atom is 0.280 e. The Hall–Kier alpha value is -1.75. The van der Waals surface area contributed by atoms with Crippen molar-refractivity contribution in [2.45, 2.75) is 13.0 Å². The first kappa shape index (κ1) is 17.6. The Morgan fingerprint density at radius 3 is 2.35 bits per heavy atom. The predicted octanol–water partition coefficient (Wildman–Crippen LogP) is 4.56. The molecule has 0 spiro atoms. The van der Waals surface area contributed by atoms with Gasteiger partial charge in [-0.25, -0.2) is 5.43 Å². The molecule has 2 rings (SSSR count). The van der Waals surface area contributed by atoms with E-state index in [9.17, 15) is 4.79 Å². The minimum Gasteiger partial charge on any atom is -0.481 e. The van der Waals surface area contributed by atoms with Crippen LogP contribution in [0.3, 0.4) is 0 Å². The molecule has 0 radical (unpaired) electrons. The second-order valence-electron chi connectivity index (χ2n) is 4.58. The number of carbonyl (C=O) groups excluding carboxylic acids is 1. The molecule has 23 heavy (non-hydrogen) atoms. The molecule has 0 aliphatic heterocycles. The Labute approximate surface area is 149 Å². The van der Waals surface area contributed by atoms with Crippen molar-refractivity contribution in [3.63, 3.8) is 0 Å². The number of hydrazone groups is 1. The van der Waals surface area contributed by atoms with E-state index in [0.29, 0.717) is 26.4 Å². The van der Waals surface area contributed by atoms with Crippen molar-refractivity contribution < 1.29 is 9.53 Å². The van der Waals surface area contributed by atoms with Crippen molar-refractivity contribution in [3.8, 4) is 5.75 Å². The van der Waals surface area contributed by atoms with Gasteiger partial charge >= 0.3 is 0 Å². The van der Waals surface area contributed by atoms with Crippen LogP contribution in [0.15, 0.2) is 47.6 Å². The summed E-state index contributed by atoms with van der Waals surface area (Å²) >= 11 is 17.8. The fraction of sp³-hybridized carbons (Fsp3) is 0.125. The molecule has 0 bridgehead atoms. The van der Waals surface area contributed by atoms with Crippen LogP contribution in [0.1, 0.15) is 12.5 Å². The lowest BCUT2D eigenvalue weighted by molar-refractivity contribution is -0.127. The molecule has 1 amide bonds. The SMILES string of the molecule is C[C@@H](Oc1ccc(Cl)cc1)C(=O)N/N=C\c1c(Cl)cccc1Cl. The molecule has 0 fully saturated rings. The highest BCUT2D eigenvalue weighted by molar-refractivity contribution is 6.38. The highest BCUT2D eigenvalue weighted by atomic mass is 35.5. The van der Waals surface area contributed by atoms with E-state index in [2.05, 4.69) is 10.5 Å². The van der Waals surface area contributed by atoms with E-state index in [1.807, 2.05) is 0 Å². The third kappa shape index (κ3) is 5.13. The van der Waals surface area contributed by atoms with Crippen molar-refractivity contribution in [1.29, 1.82) is 0 Å². The maximum atomic E-state index is 11.9. The van der Waals surface area contributed by atoms with Gasteiger partial charge in [-0.1, -0.05) is 40.9 Å². The number of ether oxygens (including phenoxy) is 1. The molecule has 0 saturated carbocycles. The summed E-state index contributed by atoms with van der Waals surface area (Å²) in [7, 11) is 0. The quantitative estimate of drug-likeness (QED) is 0.618. The van der Waals surface area contributed by atoms with Crippen LogP contribution in [-0.4, -0.2) is 18.2 Å². The van der Waals surface area contributed by atoms with Crippen LogP contribution in [0.5, 0.6) is 5.75 Å². The normalized spacial score (nSPS) is 12.2.